The van der Waals surface area contributed by atoms with Crippen molar-refractivity contribution in [2.45, 2.75) is 121 Å². The second-order valence-electron chi connectivity index (χ2n) is 16.5. The van der Waals surface area contributed by atoms with Gasteiger partial charge in [0.05, 0.1) is 25.0 Å². The Kier molecular flexibility index (Phi) is 9.30. The summed E-state index contributed by atoms with van der Waals surface area (Å²) in [6.45, 7) is 6.56. The van der Waals surface area contributed by atoms with Crippen LogP contribution in [0.15, 0.2) is 43.0 Å². The lowest BCUT2D eigenvalue weighted by Crippen LogP contribution is -2.52. The van der Waals surface area contributed by atoms with Crippen LogP contribution in [0.5, 0.6) is 5.75 Å². The zero-order valence-corrected chi connectivity index (χ0v) is 30.7. The van der Waals surface area contributed by atoms with Gasteiger partial charge in [0.2, 0.25) is 5.91 Å². The molecule has 9 rings (SSSR count). The van der Waals surface area contributed by atoms with Gasteiger partial charge in [0.1, 0.15) is 24.0 Å². The largest absolute Gasteiger partial charge is 0.496 e. The molecule has 0 spiro atoms. The van der Waals surface area contributed by atoms with E-state index in [0.717, 1.165) is 75.0 Å². The summed E-state index contributed by atoms with van der Waals surface area (Å²) in [6, 6.07) is 9.20. The highest BCUT2D eigenvalue weighted by Crippen LogP contribution is 2.58. The second kappa shape index (κ2) is 13.9. The van der Waals surface area contributed by atoms with Crippen LogP contribution in [-0.4, -0.2) is 69.5 Å². The van der Waals surface area contributed by atoms with E-state index in [1.807, 2.05) is 22.1 Å². The van der Waals surface area contributed by atoms with Crippen molar-refractivity contribution >= 4 is 17.8 Å². The molecule has 272 valence electrons. The van der Waals surface area contributed by atoms with Crippen molar-refractivity contribution < 1.29 is 19.1 Å². The van der Waals surface area contributed by atoms with Crippen molar-refractivity contribution in [3.05, 3.63) is 54.1 Å². The molecule has 51 heavy (non-hydrogen) atoms. The molecule has 10 heteroatoms. The first-order valence-electron chi connectivity index (χ1n) is 19.6. The highest BCUT2D eigenvalue weighted by Gasteiger charge is 2.51. The van der Waals surface area contributed by atoms with E-state index in [9.17, 15) is 9.59 Å². The number of carbonyl (C=O) groups excluding carboxylic acids is 2. The molecule has 1 aromatic carbocycles. The van der Waals surface area contributed by atoms with Crippen molar-refractivity contribution in [1.82, 2.24) is 24.6 Å². The number of amides is 2. The maximum Gasteiger partial charge on any atom is 0.410 e. The third-order valence-corrected chi connectivity index (χ3v) is 13.5. The van der Waals surface area contributed by atoms with E-state index in [1.165, 1.54) is 30.4 Å². The summed E-state index contributed by atoms with van der Waals surface area (Å²) in [5.74, 6) is 2.23. The highest BCUT2D eigenvalue weighted by molar-refractivity contribution is 5.94. The second-order valence-corrected chi connectivity index (χ2v) is 16.5. The van der Waals surface area contributed by atoms with Gasteiger partial charge in [0, 0.05) is 43.4 Å². The Hall–Kier alpha value is -3.95. The zero-order chi connectivity index (χ0) is 35.2. The maximum atomic E-state index is 14.7. The summed E-state index contributed by atoms with van der Waals surface area (Å²) in [5, 5.41) is 4.65. The molecule has 2 amide bonds. The standard InChI is InChI=1S/C41H54N6O4/c1-4-29-23-45(24-29)39(49)51-34-11-8-30(9-12-34)38(48)46(37-21-35(42-27-43-37)31-22-44-47(25-31)33-6-5-7-33)26-40-14-17-41(18-15-40,19-16-40)32-10-13-36(50-3)28(2)20-32/h10,13,20-22,25,27,29-30,33-34H,4-9,11-12,14-19,23-24,26H2,1-3H3. The fraction of sp³-hybridized carbons (Fsp3) is 0.634. The lowest BCUT2D eigenvalue weighted by Gasteiger charge is -2.55. The SMILES string of the molecule is CCC1CN(C(=O)OC2CCC(C(=O)N(CC34CCC(c5ccc(OC)c(C)c5)(CC3)CC4)c3cc(-c4cnn(C5CCC5)c4)ncn3)CC2)C1. The van der Waals surface area contributed by atoms with Crippen molar-refractivity contribution in [2.75, 3.05) is 31.6 Å². The summed E-state index contributed by atoms with van der Waals surface area (Å²) in [7, 11) is 1.74. The lowest BCUT2D eigenvalue weighted by atomic mass is 9.51. The van der Waals surface area contributed by atoms with Crippen LogP contribution in [0.25, 0.3) is 11.3 Å². The van der Waals surface area contributed by atoms with Gasteiger partial charge in [0.25, 0.3) is 0 Å². The van der Waals surface area contributed by atoms with Crippen LogP contribution in [0.3, 0.4) is 0 Å². The van der Waals surface area contributed by atoms with Crippen LogP contribution < -0.4 is 9.64 Å². The summed E-state index contributed by atoms with van der Waals surface area (Å²) < 4.78 is 13.5. The summed E-state index contributed by atoms with van der Waals surface area (Å²) in [4.78, 5) is 40.7. The summed E-state index contributed by atoms with van der Waals surface area (Å²) in [5.41, 5.74) is 4.63. The van der Waals surface area contributed by atoms with Gasteiger partial charge in [-0.05, 0) is 131 Å². The molecule has 5 saturated carbocycles. The molecule has 2 aromatic heterocycles. The number of likely N-dealkylation sites (tertiary alicyclic amines) is 1. The van der Waals surface area contributed by atoms with Crippen LogP contribution in [0.1, 0.15) is 114 Å². The predicted octanol–water partition coefficient (Wildman–Crippen LogP) is 8.04. The monoisotopic (exact) mass is 694 g/mol. The van der Waals surface area contributed by atoms with Crippen molar-refractivity contribution in [1.29, 1.82) is 0 Å². The number of anilines is 1. The smallest absolute Gasteiger partial charge is 0.410 e. The van der Waals surface area contributed by atoms with Crippen LogP contribution in [-0.2, 0) is 14.9 Å². The van der Waals surface area contributed by atoms with Gasteiger partial charge >= 0.3 is 6.09 Å². The van der Waals surface area contributed by atoms with Gasteiger partial charge in [0.15, 0.2) is 0 Å². The minimum absolute atomic E-state index is 0.0550. The number of hydrogen-bond donors (Lipinski definition) is 0. The third kappa shape index (κ3) is 6.63. The maximum absolute atomic E-state index is 14.7. The Bertz CT molecular complexity index is 1710. The summed E-state index contributed by atoms with van der Waals surface area (Å²) in [6.07, 6.45) is 19.4. The Morgan fingerprint density at radius 1 is 0.961 bits per heavy atom. The van der Waals surface area contributed by atoms with Crippen LogP contribution >= 0.6 is 0 Å². The Balaban J connectivity index is 0.996. The normalized spacial score (nSPS) is 27.8. The van der Waals surface area contributed by atoms with Gasteiger partial charge in [-0.1, -0.05) is 19.1 Å². The van der Waals surface area contributed by atoms with Crippen LogP contribution in [0, 0.1) is 24.2 Å². The topological polar surface area (TPSA) is 103 Å². The molecule has 3 aromatic rings. The average Bonchev–Trinajstić information content (AvgIpc) is 3.60. The van der Waals surface area contributed by atoms with Gasteiger partial charge in [-0.3, -0.25) is 14.4 Å². The number of ether oxygens (including phenoxy) is 2. The van der Waals surface area contributed by atoms with Crippen molar-refractivity contribution in [3.63, 3.8) is 0 Å². The fourth-order valence-electron chi connectivity index (χ4n) is 9.57. The van der Waals surface area contributed by atoms with Gasteiger partial charge < -0.3 is 14.4 Å². The molecule has 5 aliphatic carbocycles. The molecular formula is C41H54N6O4. The molecule has 0 atom stereocenters. The molecule has 0 unspecified atom stereocenters. The van der Waals surface area contributed by atoms with Crippen LogP contribution in [0.2, 0.25) is 0 Å². The number of hydrogen-bond acceptors (Lipinski definition) is 7. The van der Waals surface area contributed by atoms with E-state index in [4.69, 9.17) is 14.5 Å². The van der Waals surface area contributed by atoms with Gasteiger partial charge in [-0.2, -0.15) is 5.10 Å². The Morgan fingerprint density at radius 3 is 2.35 bits per heavy atom. The lowest BCUT2D eigenvalue weighted by molar-refractivity contribution is -0.124. The number of aromatic nitrogens is 4. The number of aryl methyl sites for hydroxylation is 1. The molecule has 0 N–H and O–H groups in total. The number of benzene rings is 1. The van der Waals surface area contributed by atoms with Crippen LogP contribution in [0.4, 0.5) is 10.6 Å². The first-order chi connectivity index (χ1) is 24.8. The number of rotatable bonds is 10. The average molecular weight is 695 g/mol. The van der Waals surface area contributed by atoms with E-state index >= 15 is 0 Å². The molecule has 10 nitrogen and oxygen atoms in total. The van der Waals surface area contributed by atoms with E-state index in [2.05, 4.69) is 53.0 Å². The van der Waals surface area contributed by atoms with Crippen molar-refractivity contribution in [2.24, 2.45) is 17.3 Å². The summed E-state index contributed by atoms with van der Waals surface area (Å²) >= 11 is 0. The fourth-order valence-corrected chi connectivity index (χ4v) is 9.57. The number of carbonyl (C=O) groups is 2. The molecule has 3 heterocycles. The Labute approximate surface area is 302 Å². The molecule has 6 aliphatic rings. The minimum atomic E-state index is -0.195. The first kappa shape index (κ1) is 34.2. The third-order valence-electron chi connectivity index (χ3n) is 13.5. The molecule has 6 fully saturated rings. The van der Waals surface area contributed by atoms with E-state index in [1.54, 1.807) is 13.4 Å². The molecule has 0 radical (unpaired) electrons. The Morgan fingerprint density at radius 2 is 1.71 bits per heavy atom. The molecule has 1 saturated heterocycles. The molecule has 2 bridgehead atoms. The zero-order valence-electron chi connectivity index (χ0n) is 30.7. The van der Waals surface area contributed by atoms with Gasteiger partial charge in [-0.25, -0.2) is 14.8 Å². The highest BCUT2D eigenvalue weighted by atomic mass is 16.6. The predicted molar refractivity (Wildman–Crippen MR) is 196 cm³/mol. The quantitative estimate of drug-likeness (QED) is 0.212. The van der Waals surface area contributed by atoms with Crippen molar-refractivity contribution in [3.8, 4) is 17.0 Å². The molecule has 1 aliphatic heterocycles. The van der Waals surface area contributed by atoms with Gasteiger partial charge in [-0.15, -0.1) is 0 Å². The van der Waals surface area contributed by atoms with E-state index in [0.29, 0.717) is 50.0 Å². The first-order valence-corrected chi connectivity index (χ1v) is 19.6. The number of nitrogens with zero attached hydrogens (tertiary/aromatic N) is 6. The minimum Gasteiger partial charge on any atom is -0.496 e. The van der Waals surface area contributed by atoms with E-state index < -0.39 is 0 Å². The molecular weight excluding hydrogens is 640 g/mol. The van der Waals surface area contributed by atoms with E-state index in [-0.39, 0.29) is 34.9 Å². The number of fused-ring (bicyclic) bond motifs is 3. The number of methoxy groups -OCH3 is 1.